The first-order chi connectivity index (χ1) is 12.7. The van der Waals surface area contributed by atoms with Crippen molar-refractivity contribution < 1.29 is 9.53 Å². The molecule has 0 bridgehead atoms. The van der Waals surface area contributed by atoms with Gasteiger partial charge in [-0.1, -0.05) is 26.8 Å². The van der Waals surface area contributed by atoms with Crippen molar-refractivity contribution >= 4 is 17.4 Å². The predicted octanol–water partition coefficient (Wildman–Crippen LogP) is 3.23. The number of rotatable bonds is 4. The Morgan fingerprint density at radius 3 is 2.67 bits per heavy atom. The van der Waals surface area contributed by atoms with Crippen LogP contribution < -0.4 is 10.1 Å². The number of hydrogen-bond donors (Lipinski definition) is 1. The first-order valence-corrected chi connectivity index (χ1v) is 8.85. The summed E-state index contributed by atoms with van der Waals surface area (Å²) in [5.74, 6) is 1.04. The van der Waals surface area contributed by atoms with Crippen LogP contribution in [0.2, 0.25) is 0 Å². The fourth-order valence-corrected chi connectivity index (χ4v) is 3.04. The van der Waals surface area contributed by atoms with Crippen LogP contribution >= 0.6 is 0 Å². The highest BCUT2D eigenvalue weighted by Gasteiger charge is 2.19. The van der Waals surface area contributed by atoms with Gasteiger partial charge in [-0.25, -0.2) is 9.50 Å². The highest BCUT2D eigenvalue weighted by atomic mass is 16.5. The third-order valence-corrected chi connectivity index (χ3v) is 4.67. The van der Waals surface area contributed by atoms with Crippen molar-refractivity contribution in [3.05, 3.63) is 47.0 Å². The molecule has 2 aromatic heterocycles. The third kappa shape index (κ3) is 3.77. The van der Waals surface area contributed by atoms with E-state index >= 15 is 0 Å². The molecule has 0 fully saturated rings. The molecule has 0 aliphatic rings. The molecule has 0 unspecified atom stereocenters. The molecule has 142 valence electrons. The molecule has 1 aromatic carbocycles. The van der Waals surface area contributed by atoms with Gasteiger partial charge in [-0.05, 0) is 37.0 Å². The van der Waals surface area contributed by atoms with Gasteiger partial charge in [0.2, 0.25) is 5.91 Å². The lowest BCUT2D eigenvalue weighted by atomic mass is 9.87. The van der Waals surface area contributed by atoms with Crippen LogP contribution in [0.3, 0.4) is 0 Å². The van der Waals surface area contributed by atoms with Crippen LogP contribution in [-0.4, -0.2) is 32.6 Å². The van der Waals surface area contributed by atoms with Crippen molar-refractivity contribution in [3.63, 3.8) is 0 Å². The van der Waals surface area contributed by atoms with Crippen molar-refractivity contribution in [1.29, 1.82) is 0 Å². The fraction of sp³-hybridized carbons (Fsp3) is 0.400. The van der Waals surface area contributed by atoms with Gasteiger partial charge < -0.3 is 10.1 Å². The van der Waals surface area contributed by atoms with E-state index in [-0.39, 0.29) is 17.7 Å². The van der Waals surface area contributed by atoms with Crippen LogP contribution in [0, 0.1) is 13.8 Å². The average molecular weight is 367 g/mol. The standard InChI is InChI=1S/C20H25N5O2/c1-12-15(13(2)25-19(23-12)21-11-22-25)10-18(26)24-16-9-14(20(3,4)5)7-8-17(16)27-6/h7-9,11H,10H2,1-6H3,(H,24,26). The van der Waals surface area contributed by atoms with E-state index < -0.39 is 0 Å². The minimum Gasteiger partial charge on any atom is -0.495 e. The highest BCUT2D eigenvalue weighted by Crippen LogP contribution is 2.31. The number of hydrogen-bond acceptors (Lipinski definition) is 5. The van der Waals surface area contributed by atoms with Crippen molar-refractivity contribution in [1.82, 2.24) is 19.6 Å². The summed E-state index contributed by atoms with van der Waals surface area (Å²) < 4.78 is 7.06. The molecule has 3 rings (SSSR count). The Morgan fingerprint density at radius 2 is 2.00 bits per heavy atom. The highest BCUT2D eigenvalue weighted by molar-refractivity contribution is 5.94. The molecule has 0 aliphatic heterocycles. The molecule has 0 aliphatic carbocycles. The van der Waals surface area contributed by atoms with Gasteiger partial charge in [-0.15, -0.1) is 0 Å². The number of nitrogens with one attached hydrogen (secondary N) is 1. The van der Waals surface area contributed by atoms with Crippen LogP contribution in [-0.2, 0) is 16.6 Å². The number of aryl methyl sites for hydroxylation is 2. The molecule has 0 spiro atoms. The predicted molar refractivity (Wildman–Crippen MR) is 104 cm³/mol. The molecule has 7 heteroatoms. The van der Waals surface area contributed by atoms with E-state index in [1.54, 1.807) is 11.6 Å². The lowest BCUT2D eigenvalue weighted by Gasteiger charge is -2.21. The normalized spacial score (nSPS) is 11.6. The van der Waals surface area contributed by atoms with Gasteiger partial charge in [0.05, 0.1) is 19.2 Å². The Balaban J connectivity index is 1.88. The number of amides is 1. The van der Waals surface area contributed by atoms with Gasteiger partial charge in [0, 0.05) is 17.0 Å². The zero-order valence-corrected chi connectivity index (χ0v) is 16.6. The largest absolute Gasteiger partial charge is 0.495 e. The molecule has 0 atom stereocenters. The summed E-state index contributed by atoms with van der Waals surface area (Å²) in [4.78, 5) is 21.3. The van der Waals surface area contributed by atoms with Crippen LogP contribution in [0.1, 0.15) is 43.3 Å². The lowest BCUT2D eigenvalue weighted by Crippen LogP contribution is -2.19. The van der Waals surface area contributed by atoms with Crippen LogP contribution in [0.5, 0.6) is 5.75 Å². The summed E-state index contributed by atoms with van der Waals surface area (Å²) in [6, 6.07) is 5.87. The van der Waals surface area contributed by atoms with E-state index in [4.69, 9.17) is 4.74 Å². The smallest absolute Gasteiger partial charge is 0.252 e. The monoisotopic (exact) mass is 367 g/mol. The quantitative estimate of drug-likeness (QED) is 0.766. The summed E-state index contributed by atoms with van der Waals surface area (Å²) in [6.07, 6.45) is 1.66. The Morgan fingerprint density at radius 1 is 1.26 bits per heavy atom. The number of ether oxygens (including phenoxy) is 1. The van der Waals surface area contributed by atoms with E-state index in [0.717, 1.165) is 22.5 Å². The van der Waals surface area contributed by atoms with Crippen LogP contribution in [0.15, 0.2) is 24.5 Å². The van der Waals surface area contributed by atoms with E-state index in [0.29, 0.717) is 17.2 Å². The zero-order chi connectivity index (χ0) is 19.8. The molecule has 7 nitrogen and oxygen atoms in total. The first-order valence-electron chi connectivity index (χ1n) is 8.85. The second kappa shape index (κ2) is 6.98. The van der Waals surface area contributed by atoms with E-state index in [2.05, 4.69) is 41.2 Å². The summed E-state index contributed by atoms with van der Waals surface area (Å²) >= 11 is 0. The molecule has 0 radical (unpaired) electrons. The molecular weight excluding hydrogens is 342 g/mol. The maximum absolute atomic E-state index is 12.8. The molecule has 0 saturated heterocycles. The van der Waals surface area contributed by atoms with Crippen molar-refractivity contribution in [2.24, 2.45) is 0 Å². The van der Waals surface area contributed by atoms with E-state index in [1.165, 1.54) is 6.33 Å². The lowest BCUT2D eigenvalue weighted by molar-refractivity contribution is -0.115. The van der Waals surface area contributed by atoms with Gasteiger partial charge in [-0.3, -0.25) is 4.79 Å². The van der Waals surface area contributed by atoms with Crippen molar-refractivity contribution in [2.75, 3.05) is 12.4 Å². The van der Waals surface area contributed by atoms with Crippen LogP contribution in [0.4, 0.5) is 5.69 Å². The van der Waals surface area contributed by atoms with E-state index in [9.17, 15) is 4.79 Å². The Labute approximate surface area is 158 Å². The Bertz CT molecular complexity index is 1000. The number of fused-ring (bicyclic) bond motifs is 1. The molecule has 1 N–H and O–H groups in total. The summed E-state index contributed by atoms with van der Waals surface area (Å²) in [7, 11) is 1.60. The minimum atomic E-state index is -0.133. The minimum absolute atomic E-state index is 0.0268. The molecule has 2 heterocycles. The van der Waals surface area contributed by atoms with Gasteiger partial charge >= 0.3 is 0 Å². The van der Waals surface area contributed by atoms with Gasteiger partial charge in [0.25, 0.3) is 5.78 Å². The summed E-state index contributed by atoms with van der Waals surface area (Å²) in [6.45, 7) is 10.2. The topological polar surface area (TPSA) is 81.4 Å². The summed E-state index contributed by atoms with van der Waals surface area (Å²) in [5, 5.41) is 7.15. The first kappa shape index (κ1) is 18.8. The number of carbonyl (C=O) groups excluding carboxylic acids is 1. The maximum atomic E-state index is 12.8. The molecule has 0 saturated carbocycles. The number of nitrogens with zero attached hydrogens (tertiary/aromatic N) is 4. The van der Waals surface area contributed by atoms with Crippen LogP contribution in [0.25, 0.3) is 5.78 Å². The molecule has 27 heavy (non-hydrogen) atoms. The fourth-order valence-electron chi connectivity index (χ4n) is 3.04. The number of benzene rings is 1. The Kier molecular flexibility index (Phi) is 4.87. The zero-order valence-electron chi connectivity index (χ0n) is 16.6. The SMILES string of the molecule is COc1ccc(C(C)(C)C)cc1NC(=O)Cc1c(C)nc2ncnn2c1C. The third-order valence-electron chi connectivity index (χ3n) is 4.67. The van der Waals surface area contributed by atoms with E-state index in [1.807, 2.05) is 32.0 Å². The average Bonchev–Trinajstić information content (AvgIpc) is 3.06. The number of methoxy groups -OCH3 is 1. The van der Waals surface area contributed by atoms with Gasteiger partial charge in [-0.2, -0.15) is 10.1 Å². The number of carbonyl (C=O) groups is 1. The molecule has 1 amide bonds. The summed E-state index contributed by atoms with van der Waals surface area (Å²) in [5.41, 5.74) is 4.24. The second-order valence-corrected chi connectivity index (χ2v) is 7.62. The maximum Gasteiger partial charge on any atom is 0.252 e. The molecule has 3 aromatic rings. The van der Waals surface area contributed by atoms with Crippen molar-refractivity contribution in [3.8, 4) is 5.75 Å². The number of anilines is 1. The molecular formula is C20H25N5O2. The van der Waals surface area contributed by atoms with Gasteiger partial charge in [0.15, 0.2) is 0 Å². The van der Waals surface area contributed by atoms with Gasteiger partial charge in [0.1, 0.15) is 12.1 Å². The van der Waals surface area contributed by atoms with Crippen molar-refractivity contribution in [2.45, 2.75) is 46.5 Å². The number of aromatic nitrogens is 4. The second-order valence-electron chi connectivity index (χ2n) is 7.62. The Hall–Kier alpha value is -2.96.